The lowest BCUT2D eigenvalue weighted by Crippen LogP contribution is -2.51. The van der Waals surface area contributed by atoms with E-state index in [1.165, 1.54) is 0 Å². The van der Waals surface area contributed by atoms with Crippen LogP contribution in [-0.4, -0.2) is 45.5 Å². The number of aliphatic imine (C=N–C) groups is 1. The van der Waals surface area contributed by atoms with Gasteiger partial charge in [0.05, 0.1) is 21.7 Å². The monoisotopic (exact) mass is 501 g/mol. The number of hydrogen-bond acceptors (Lipinski definition) is 3. The average Bonchev–Trinajstić information content (AvgIpc) is 2.61. The van der Waals surface area contributed by atoms with Gasteiger partial charge in [-0.2, -0.15) is 0 Å². The Bertz CT molecular complexity index is 581. The van der Waals surface area contributed by atoms with Crippen molar-refractivity contribution >= 4 is 53.1 Å². The lowest BCUT2D eigenvalue weighted by atomic mass is 9.94. The number of ether oxygens (including phenoxy) is 2. The van der Waals surface area contributed by atoms with Gasteiger partial charge in [0.1, 0.15) is 0 Å². The van der Waals surface area contributed by atoms with E-state index in [2.05, 4.69) is 15.6 Å². The summed E-state index contributed by atoms with van der Waals surface area (Å²) in [6, 6.07) is 5.66. The van der Waals surface area contributed by atoms with Crippen LogP contribution in [-0.2, 0) is 9.47 Å². The predicted molar refractivity (Wildman–Crippen MR) is 115 cm³/mol. The third kappa shape index (κ3) is 6.43. The van der Waals surface area contributed by atoms with Crippen LogP contribution in [0.4, 0.5) is 0 Å². The number of rotatable bonds is 5. The fourth-order valence-corrected chi connectivity index (χ4v) is 3.01. The van der Waals surface area contributed by atoms with Crippen LogP contribution in [0, 0.1) is 0 Å². The summed E-state index contributed by atoms with van der Waals surface area (Å²) in [6.07, 6.45) is 1.74. The molecule has 1 unspecified atom stereocenters. The lowest BCUT2D eigenvalue weighted by Gasteiger charge is -2.36. The molecule has 25 heavy (non-hydrogen) atoms. The van der Waals surface area contributed by atoms with Crippen LogP contribution < -0.4 is 10.6 Å². The summed E-state index contributed by atoms with van der Waals surface area (Å²) in [7, 11) is 3.50. The molecule has 0 aliphatic carbocycles. The minimum absolute atomic E-state index is 0. The molecule has 0 spiro atoms. The second kappa shape index (κ2) is 10.8. The largest absolute Gasteiger partial charge is 0.381 e. The van der Waals surface area contributed by atoms with Gasteiger partial charge in [0.25, 0.3) is 0 Å². The Morgan fingerprint density at radius 2 is 2.00 bits per heavy atom. The molecule has 142 valence electrons. The molecule has 1 aromatic rings. The number of nitrogens with zero attached hydrogens (tertiary/aromatic N) is 1. The molecular formula is C17H26Cl2IN3O2. The van der Waals surface area contributed by atoms with E-state index in [9.17, 15) is 0 Å². The fraction of sp³-hybridized carbons (Fsp3) is 0.588. The number of methoxy groups -OCH3 is 1. The molecule has 0 aromatic heterocycles. The van der Waals surface area contributed by atoms with Gasteiger partial charge in [-0.15, -0.1) is 24.0 Å². The van der Waals surface area contributed by atoms with Gasteiger partial charge in [0.2, 0.25) is 0 Å². The second-order valence-corrected chi connectivity index (χ2v) is 6.78. The van der Waals surface area contributed by atoms with Gasteiger partial charge in [-0.05, 0) is 24.6 Å². The fourth-order valence-electron chi connectivity index (χ4n) is 2.71. The zero-order valence-corrected chi connectivity index (χ0v) is 18.6. The third-order valence-corrected chi connectivity index (χ3v) is 5.17. The molecule has 1 aromatic carbocycles. The Morgan fingerprint density at radius 1 is 1.32 bits per heavy atom. The summed E-state index contributed by atoms with van der Waals surface area (Å²) in [4.78, 5) is 4.29. The number of guanidine groups is 1. The van der Waals surface area contributed by atoms with Crippen molar-refractivity contribution in [1.29, 1.82) is 0 Å². The summed E-state index contributed by atoms with van der Waals surface area (Å²) < 4.78 is 11.2. The molecule has 0 bridgehead atoms. The molecule has 5 nitrogen and oxygen atoms in total. The van der Waals surface area contributed by atoms with Crippen LogP contribution in [0.1, 0.15) is 31.4 Å². The molecule has 1 aliphatic rings. The predicted octanol–water partition coefficient (Wildman–Crippen LogP) is 4.03. The molecule has 2 rings (SSSR count). The van der Waals surface area contributed by atoms with Gasteiger partial charge in [-0.1, -0.05) is 29.3 Å². The Hall–Kier alpha value is -0.280. The molecule has 8 heteroatoms. The zero-order valence-electron chi connectivity index (χ0n) is 14.8. The van der Waals surface area contributed by atoms with Crippen molar-refractivity contribution in [1.82, 2.24) is 10.6 Å². The van der Waals surface area contributed by atoms with E-state index in [0.29, 0.717) is 16.6 Å². The maximum atomic E-state index is 6.09. The maximum Gasteiger partial charge on any atom is 0.191 e. The van der Waals surface area contributed by atoms with Crippen LogP contribution in [0.3, 0.4) is 0 Å². The van der Waals surface area contributed by atoms with Crippen molar-refractivity contribution in [2.75, 3.05) is 33.9 Å². The molecule has 0 saturated carbocycles. The highest BCUT2D eigenvalue weighted by Gasteiger charge is 2.32. The number of halogens is 3. The van der Waals surface area contributed by atoms with Gasteiger partial charge in [-0.25, -0.2) is 0 Å². The van der Waals surface area contributed by atoms with Gasteiger partial charge >= 0.3 is 0 Å². The third-order valence-electron chi connectivity index (χ3n) is 4.44. The van der Waals surface area contributed by atoms with Crippen LogP contribution in [0.25, 0.3) is 0 Å². The summed E-state index contributed by atoms with van der Waals surface area (Å²) in [5, 5.41) is 7.82. The number of nitrogens with one attached hydrogen (secondary N) is 2. The first kappa shape index (κ1) is 22.8. The Kier molecular flexibility index (Phi) is 9.80. The van der Waals surface area contributed by atoms with E-state index in [1.54, 1.807) is 20.2 Å². The lowest BCUT2D eigenvalue weighted by molar-refractivity contribution is -0.0855. The average molecular weight is 502 g/mol. The molecule has 1 fully saturated rings. The van der Waals surface area contributed by atoms with Crippen LogP contribution >= 0.6 is 47.2 Å². The summed E-state index contributed by atoms with van der Waals surface area (Å²) >= 11 is 12.1. The summed E-state index contributed by atoms with van der Waals surface area (Å²) in [5.74, 6) is 0.719. The van der Waals surface area contributed by atoms with Crippen LogP contribution in [0.2, 0.25) is 10.0 Å². The molecule has 2 N–H and O–H groups in total. The zero-order chi connectivity index (χ0) is 17.6. The normalized spacial score (nSPS) is 18.2. The first-order chi connectivity index (χ1) is 11.5. The Morgan fingerprint density at radius 3 is 2.56 bits per heavy atom. The molecule has 1 atom stereocenters. The van der Waals surface area contributed by atoms with Crippen LogP contribution in [0.15, 0.2) is 23.2 Å². The molecule has 1 saturated heterocycles. The smallest absolute Gasteiger partial charge is 0.191 e. The van der Waals surface area contributed by atoms with Crippen molar-refractivity contribution in [3.8, 4) is 0 Å². The van der Waals surface area contributed by atoms with Crippen molar-refractivity contribution < 1.29 is 9.47 Å². The van der Waals surface area contributed by atoms with E-state index in [1.807, 2.05) is 19.1 Å². The van der Waals surface area contributed by atoms with Crippen molar-refractivity contribution in [2.24, 2.45) is 4.99 Å². The molecular weight excluding hydrogens is 476 g/mol. The highest BCUT2D eigenvalue weighted by atomic mass is 127. The van der Waals surface area contributed by atoms with Gasteiger partial charge < -0.3 is 20.1 Å². The minimum atomic E-state index is -0.206. The SMILES string of the molecule is CN=C(NCC1(OC)CCOCC1)NC(C)c1ccc(Cl)c(Cl)c1.I. The van der Waals surface area contributed by atoms with E-state index in [0.717, 1.165) is 37.6 Å². The number of benzene rings is 1. The van der Waals surface area contributed by atoms with E-state index in [-0.39, 0.29) is 35.6 Å². The quantitative estimate of drug-likeness (QED) is 0.363. The van der Waals surface area contributed by atoms with Gasteiger partial charge in [0, 0.05) is 46.8 Å². The van der Waals surface area contributed by atoms with Crippen LogP contribution in [0.5, 0.6) is 0 Å². The van der Waals surface area contributed by atoms with Gasteiger partial charge in [0.15, 0.2) is 5.96 Å². The molecule has 0 amide bonds. The van der Waals surface area contributed by atoms with Crippen molar-refractivity contribution in [3.05, 3.63) is 33.8 Å². The second-order valence-electron chi connectivity index (χ2n) is 5.96. The topological polar surface area (TPSA) is 54.9 Å². The minimum Gasteiger partial charge on any atom is -0.381 e. The first-order valence-corrected chi connectivity index (χ1v) is 8.80. The first-order valence-electron chi connectivity index (χ1n) is 8.05. The number of hydrogen-bond donors (Lipinski definition) is 2. The Balaban J connectivity index is 0.00000312. The Labute approximate surface area is 176 Å². The molecule has 0 radical (unpaired) electrons. The summed E-state index contributed by atoms with van der Waals surface area (Å²) in [6.45, 7) is 4.18. The van der Waals surface area contributed by atoms with E-state index >= 15 is 0 Å². The van der Waals surface area contributed by atoms with E-state index < -0.39 is 0 Å². The molecule has 1 heterocycles. The van der Waals surface area contributed by atoms with Crippen molar-refractivity contribution in [3.63, 3.8) is 0 Å². The summed E-state index contributed by atoms with van der Waals surface area (Å²) in [5.41, 5.74) is 0.836. The molecule has 1 aliphatic heterocycles. The highest BCUT2D eigenvalue weighted by Crippen LogP contribution is 2.26. The van der Waals surface area contributed by atoms with Crippen molar-refractivity contribution in [2.45, 2.75) is 31.4 Å². The highest BCUT2D eigenvalue weighted by molar-refractivity contribution is 14.0. The van der Waals surface area contributed by atoms with E-state index in [4.69, 9.17) is 32.7 Å². The maximum absolute atomic E-state index is 6.09. The van der Waals surface area contributed by atoms with Gasteiger partial charge in [-0.3, -0.25) is 4.99 Å². The standard InChI is InChI=1S/C17H25Cl2N3O2.HI/c1-12(13-4-5-14(18)15(19)10-13)22-16(20-2)21-11-17(23-3)6-8-24-9-7-17;/h4-5,10,12H,6-9,11H2,1-3H3,(H2,20,21,22);1H.